The molecular weight excluding hydrogens is 252 g/mol. The topological polar surface area (TPSA) is 0 Å². The smallest absolute Gasteiger partial charge is 0.0178 e. The molecule has 0 nitrogen and oxygen atoms in total. The van der Waals surface area contributed by atoms with Gasteiger partial charge in [0.05, 0.1) is 0 Å². The molecule has 0 atom stereocenters. The third kappa shape index (κ3) is 3.95. The van der Waals surface area contributed by atoms with E-state index in [1.165, 1.54) is 39.0 Å². The lowest BCUT2D eigenvalue weighted by atomic mass is 9.97. The van der Waals surface area contributed by atoms with Gasteiger partial charge in [0, 0.05) is 0 Å². The molecule has 108 valence electrons. The maximum Gasteiger partial charge on any atom is -0.0178 e. The number of rotatable bonds is 3. The molecule has 2 aromatic rings. The monoisotopic (exact) mass is 276 g/mol. The molecule has 0 heterocycles. The first-order chi connectivity index (χ1) is 9.97. The van der Waals surface area contributed by atoms with Gasteiger partial charge >= 0.3 is 0 Å². The molecule has 0 spiro atoms. The van der Waals surface area contributed by atoms with Crippen LogP contribution in [-0.2, 0) is 0 Å². The Morgan fingerprint density at radius 2 is 1.48 bits per heavy atom. The van der Waals surface area contributed by atoms with Crippen molar-refractivity contribution >= 4 is 5.57 Å². The Balaban J connectivity index is 2.39. The lowest BCUT2D eigenvalue weighted by Gasteiger charge is -2.08. The van der Waals surface area contributed by atoms with E-state index < -0.39 is 0 Å². The molecule has 2 rings (SSSR count). The first-order valence-corrected chi connectivity index (χ1v) is 7.47. The molecule has 0 fully saturated rings. The van der Waals surface area contributed by atoms with Crippen LogP contribution in [0.3, 0.4) is 0 Å². The minimum Gasteiger partial charge on any atom is -0.0764 e. The number of allylic oxidation sites excluding steroid dienone is 4. The Morgan fingerprint density at radius 1 is 0.762 bits per heavy atom. The average molecular weight is 276 g/mol. The van der Waals surface area contributed by atoms with Crippen LogP contribution in [0.2, 0.25) is 0 Å². The van der Waals surface area contributed by atoms with Gasteiger partial charge < -0.3 is 0 Å². The molecular formula is C21H24. The molecule has 21 heavy (non-hydrogen) atoms. The fraction of sp³-hybridized carbons (Fsp3) is 0.238. The molecule has 0 N–H and O–H groups in total. The number of aryl methyl sites for hydroxylation is 2. The summed E-state index contributed by atoms with van der Waals surface area (Å²) in [6.45, 7) is 10.7. The predicted molar refractivity (Wildman–Crippen MR) is 94.4 cm³/mol. The van der Waals surface area contributed by atoms with Gasteiger partial charge in [0.15, 0.2) is 0 Å². The van der Waals surface area contributed by atoms with Crippen LogP contribution in [0.5, 0.6) is 0 Å². The second-order valence-corrected chi connectivity index (χ2v) is 5.97. The van der Waals surface area contributed by atoms with E-state index in [2.05, 4.69) is 89.2 Å². The van der Waals surface area contributed by atoms with Crippen molar-refractivity contribution in [3.63, 3.8) is 0 Å². The summed E-state index contributed by atoms with van der Waals surface area (Å²) in [6, 6.07) is 15.4. The van der Waals surface area contributed by atoms with Gasteiger partial charge in [0.2, 0.25) is 0 Å². The minimum absolute atomic E-state index is 1.28. The van der Waals surface area contributed by atoms with Crippen LogP contribution in [0.1, 0.15) is 37.5 Å². The normalized spacial score (nSPS) is 11.4. The second-order valence-electron chi connectivity index (χ2n) is 5.97. The van der Waals surface area contributed by atoms with Gasteiger partial charge in [0.25, 0.3) is 0 Å². The van der Waals surface area contributed by atoms with E-state index in [0.717, 1.165) is 0 Å². The first kappa shape index (κ1) is 15.3. The van der Waals surface area contributed by atoms with E-state index in [-0.39, 0.29) is 0 Å². The lowest BCUT2D eigenvalue weighted by Crippen LogP contribution is -1.86. The molecule has 0 unspecified atom stereocenters. The van der Waals surface area contributed by atoms with Crippen molar-refractivity contribution in [2.24, 2.45) is 0 Å². The summed E-state index contributed by atoms with van der Waals surface area (Å²) in [5.74, 6) is 0. The highest BCUT2D eigenvalue weighted by atomic mass is 14.1. The number of hydrogen-bond donors (Lipinski definition) is 0. The van der Waals surface area contributed by atoms with Crippen molar-refractivity contribution in [2.75, 3.05) is 0 Å². The summed E-state index contributed by atoms with van der Waals surface area (Å²) >= 11 is 0. The fourth-order valence-electron chi connectivity index (χ4n) is 2.25. The van der Waals surface area contributed by atoms with Crippen LogP contribution in [0, 0.1) is 13.8 Å². The number of benzene rings is 2. The largest absolute Gasteiger partial charge is 0.0764 e. The van der Waals surface area contributed by atoms with Crippen molar-refractivity contribution < 1.29 is 0 Å². The van der Waals surface area contributed by atoms with E-state index in [9.17, 15) is 0 Å². The molecule has 0 aliphatic rings. The summed E-state index contributed by atoms with van der Waals surface area (Å²) in [4.78, 5) is 0. The highest BCUT2D eigenvalue weighted by Crippen LogP contribution is 2.25. The Bertz CT molecular complexity index is 696. The Labute approximate surface area is 128 Å². The van der Waals surface area contributed by atoms with Gasteiger partial charge in [-0.1, -0.05) is 54.1 Å². The van der Waals surface area contributed by atoms with Crippen molar-refractivity contribution in [1.29, 1.82) is 0 Å². The lowest BCUT2D eigenvalue weighted by molar-refractivity contribution is 1.34. The zero-order valence-electron chi connectivity index (χ0n) is 13.7. The van der Waals surface area contributed by atoms with Gasteiger partial charge in [-0.25, -0.2) is 0 Å². The quantitative estimate of drug-likeness (QED) is 0.574. The summed E-state index contributed by atoms with van der Waals surface area (Å²) in [5, 5.41) is 0. The highest BCUT2D eigenvalue weighted by molar-refractivity contribution is 5.73. The minimum atomic E-state index is 1.28. The van der Waals surface area contributed by atoms with Gasteiger partial charge in [-0.15, -0.1) is 0 Å². The van der Waals surface area contributed by atoms with Crippen LogP contribution in [0.15, 0.2) is 60.2 Å². The zero-order chi connectivity index (χ0) is 15.4. The molecule has 2 aromatic carbocycles. The van der Waals surface area contributed by atoms with Crippen molar-refractivity contribution in [3.8, 4) is 11.1 Å². The third-order valence-corrected chi connectivity index (χ3v) is 3.82. The summed E-state index contributed by atoms with van der Waals surface area (Å²) in [7, 11) is 0. The number of hydrogen-bond acceptors (Lipinski definition) is 0. The Morgan fingerprint density at radius 3 is 2.14 bits per heavy atom. The van der Waals surface area contributed by atoms with E-state index in [0.29, 0.717) is 0 Å². The summed E-state index contributed by atoms with van der Waals surface area (Å²) < 4.78 is 0. The molecule has 0 bridgehead atoms. The molecule has 0 radical (unpaired) electrons. The third-order valence-electron chi connectivity index (χ3n) is 3.82. The zero-order valence-corrected chi connectivity index (χ0v) is 13.7. The van der Waals surface area contributed by atoms with E-state index in [4.69, 9.17) is 0 Å². The van der Waals surface area contributed by atoms with Crippen LogP contribution < -0.4 is 0 Å². The summed E-state index contributed by atoms with van der Waals surface area (Å²) in [5.41, 5.74) is 9.14. The SMILES string of the molecule is CC(C)=C/C=C(\C)c1cccc(-c2ccc(C)c(C)c2)c1. The van der Waals surface area contributed by atoms with Crippen LogP contribution in [-0.4, -0.2) is 0 Å². The molecule has 0 aliphatic carbocycles. The fourth-order valence-corrected chi connectivity index (χ4v) is 2.25. The predicted octanol–water partition coefficient (Wildman–Crippen LogP) is 6.34. The molecule has 0 saturated heterocycles. The van der Waals surface area contributed by atoms with Crippen molar-refractivity contribution in [2.45, 2.75) is 34.6 Å². The van der Waals surface area contributed by atoms with Crippen LogP contribution in [0.25, 0.3) is 16.7 Å². The molecule has 0 heteroatoms. The van der Waals surface area contributed by atoms with Crippen LogP contribution in [0.4, 0.5) is 0 Å². The molecule has 0 aliphatic heterocycles. The van der Waals surface area contributed by atoms with Gasteiger partial charge in [-0.3, -0.25) is 0 Å². The maximum absolute atomic E-state index is 2.27. The van der Waals surface area contributed by atoms with Gasteiger partial charge in [-0.2, -0.15) is 0 Å². The molecule has 0 aromatic heterocycles. The maximum atomic E-state index is 2.27. The highest BCUT2D eigenvalue weighted by Gasteiger charge is 2.02. The molecule has 0 saturated carbocycles. The average Bonchev–Trinajstić information content (AvgIpc) is 2.47. The van der Waals surface area contributed by atoms with Crippen molar-refractivity contribution in [1.82, 2.24) is 0 Å². The first-order valence-electron chi connectivity index (χ1n) is 7.47. The van der Waals surface area contributed by atoms with E-state index >= 15 is 0 Å². The second kappa shape index (κ2) is 6.58. The molecule has 0 amide bonds. The Kier molecular flexibility index (Phi) is 4.80. The summed E-state index contributed by atoms with van der Waals surface area (Å²) in [6.07, 6.45) is 4.35. The van der Waals surface area contributed by atoms with Crippen LogP contribution >= 0.6 is 0 Å². The van der Waals surface area contributed by atoms with Gasteiger partial charge in [0.1, 0.15) is 0 Å². The Hall–Kier alpha value is -2.08. The van der Waals surface area contributed by atoms with Crippen molar-refractivity contribution in [3.05, 3.63) is 76.9 Å². The van der Waals surface area contributed by atoms with E-state index in [1.807, 2.05) is 0 Å². The standard InChI is InChI=1S/C21H24/c1-15(2)9-10-17(4)19-7-6-8-20(14-19)21-12-11-16(3)18(5)13-21/h6-14H,1-5H3/b17-10+. The van der Waals surface area contributed by atoms with Gasteiger partial charge in [-0.05, 0) is 74.1 Å². The van der Waals surface area contributed by atoms with E-state index in [1.54, 1.807) is 0 Å².